The zero-order chi connectivity index (χ0) is 15.3. The van der Waals surface area contributed by atoms with Gasteiger partial charge in [0.1, 0.15) is 5.82 Å². The van der Waals surface area contributed by atoms with Crippen LogP contribution in [0.25, 0.3) is 0 Å². The molecule has 6 nitrogen and oxygen atoms in total. The normalized spacial score (nSPS) is 10.2. The minimum atomic E-state index is -0.736. The molecule has 0 fully saturated rings. The number of hydrogen-bond acceptors (Lipinski definition) is 4. The first-order valence-corrected chi connectivity index (χ1v) is 6.25. The van der Waals surface area contributed by atoms with E-state index in [4.69, 9.17) is 11.5 Å². The number of benzene rings is 1. The first-order valence-electron chi connectivity index (χ1n) is 6.25. The number of likely N-dealkylation sites (N-methyl/N-ethyl adjacent to an activating group) is 1. The Morgan fingerprint density at radius 2 is 2.05 bits per heavy atom. The van der Waals surface area contributed by atoms with E-state index in [1.54, 1.807) is 4.90 Å². The highest BCUT2D eigenvalue weighted by atomic mass is 19.1. The Kier molecular flexibility index (Phi) is 5.31. The SMILES string of the molecule is CCCN(CC(=O)NC)c1cc(C(N)=O)c(N)cc1F. The van der Waals surface area contributed by atoms with Crippen molar-refractivity contribution in [2.45, 2.75) is 13.3 Å². The van der Waals surface area contributed by atoms with Crippen LogP contribution in [0.15, 0.2) is 12.1 Å². The molecule has 0 aliphatic rings. The third-order valence-electron chi connectivity index (χ3n) is 2.83. The van der Waals surface area contributed by atoms with E-state index < -0.39 is 11.7 Å². The van der Waals surface area contributed by atoms with Gasteiger partial charge in [-0.25, -0.2) is 4.39 Å². The molecular weight excluding hydrogens is 263 g/mol. The molecule has 0 bridgehead atoms. The summed E-state index contributed by atoms with van der Waals surface area (Å²) in [7, 11) is 1.50. The number of nitrogens with one attached hydrogen (secondary N) is 1. The van der Waals surface area contributed by atoms with Gasteiger partial charge < -0.3 is 21.7 Å². The fourth-order valence-corrected chi connectivity index (χ4v) is 1.84. The van der Waals surface area contributed by atoms with E-state index in [1.807, 2.05) is 6.92 Å². The molecular formula is C13H19FN4O2. The van der Waals surface area contributed by atoms with Crippen molar-refractivity contribution in [1.29, 1.82) is 0 Å². The highest BCUT2D eigenvalue weighted by Gasteiger charge is 2.18. The number of carbonyl (C=O) groups excluding carboxylic acids is 2. The molecule has 0 unspecified atom stereocenters. The van der Waals surface area contributed by atoms with Gasteiger partial charge >= 0.3 is 0 Å². The molecule has 0 aromatic heterocycles. The number of nitrogens with two attached hydrogens (primary N) is 2. The Bertz CT molecular complexity index is 519. The minimum absolute atomic E-state index is 0.0105. The monoisotopic (exact) mass is 282 g/mol. The van der Waals surface area contributed by atoms with E-state index in [2.05, 4.69) is 5.32 Å². The maximum absolute atomic E-state index is 14.0. The average Bonchev–Trinajstić information content (AvgIpc) is 2.37. The van der Waals surface area contributed by atoms with E-state index in [1.165, 1.54) is 13.1 Å². The summed E-state index contributed by atoms with van der Waals surface area (Å²) in [5, 5.41) is 2.47. The number of hydrogen-bond donors (Lipinski definition) is 3. The lowest BCUT2D eigenvalue weighted by molar-refractivity contribution is -0.119. The van der Waals surface area contributed by atoms with E-state index >= 15 is 0 Å². The van der Waals surface area contributed by atoms with E-state index in [0.717, 1.165) is 6.07 Å². The Morgan fingerprint density at radius 1 is 1.40 bits per heavy atom. The zero-order valence-electron chi connectivity index (χ0n) is 11.6. The fraction of sp³-hybridized carbons (Fsp3) is 0.385. The second-order valence-corrected chi connectivity index (χ2v) is 4.35. The molecule has 0 aliphatic carbocycles. The molecule has 20 heavy (non-hydrogen) atoms. The van der Waals surface area contributed by atoms with Crippen LogP contribution in [0.3, 0.4) is 0 Å². The fourth-order valence-electron chi connectivity index (χ4n) is 1.84. The van der Waals surface area contributed by atoms with E-state index in [0.29, 0.717) is 13.0 Å². The van der Waals surface area contributed by atoms with Crippen molar-refractivity contribution in [2.75, 3.05) is 30.8 Å². The Balaban J connectivity index is 3.21. The van der Waals surface area contributed by atoms with Crippen LogP contribution >= 0.6 is 0 Å². The highest BCUT2D eigenvalue weighted by Crippen LogP contribution is 2.25. The van der Waals surface area contributed by atoms with Crippen LogP contribution in [-0.2, 0) is 4.79 Å². The quantitative estimate of drug-likeness (QED) is 0.660. The van der Waals surface area contributed by atoms with Crippen molar-refractivity contribution >= 4 is 23.2 Å². The molecule has 0 saturated heterocycles. The number of amides is 2. The summed E-state index contributed by atoms with van der Waals surface area (Å²) >= 11 is 0. The van der Waals surface area contributed by atoms with Crippen LogP contribution in [0.5, 0.6) is 0 Å². The van der Waals surface area contributed by atoms with Gasteiger partial charge in [-0.15, -0.1) is 0 Å². The topological polar surface area (TPSA) is 101 Å². The smallest absolute Gasteiger partial charge is 0.250 e. The molecule has 5 N–H and O–H groups in total. The predicted octanol–water partition coefficient (Wildman–Crippen LogP) is 0.469. The third-order valence-corrected chi connectivity index (χ3v) is 2.83. The molecule has 1 aromatic rings. The van der Waals surface area contributed by atoms with Gasteiger partial charge in [-0.1, -0.05) is 6.92 Å². The summed E-state index contributed by atoms with van der Waals surface area (Å²) in [6.07, 6.45) is 0.715. The Morgan fingerprint density at radius 3 is 2.55 bits per heavy atom. The number of primary amides is 1. The molecule has 0 atom stereocenters. The number of halogens is 1. The van der Waals surface area contributed by atoms with Gasteiger partial charge in [0.25, 0.3) is 5.91 Å². The highest BCUT2D eigenvalue weighted by molar-refractivity contribution is 5.99. The van der Waals surface area contributed by atoms with Gasteiger partial charge in [0, 0.05) is 19.3 Å². The number of nitrogen functional groups attached to an aromatic ring is 1. The average molecular weight is 282 g/mol. The Hall–Kier alpha value is -2.31. The maximum Gasteiger partial charge on any atom is 0.250 e. The minimum Gasteiger partial charge on any atom is -0.398 e. The van der Waals surface area contributed by atoms with Crippen molar-refractivity contribution in [2.24, 2.45) is 5.73 Å². The number of carbonyl (C=O) groups is 2. The lowest BCUT2D eigenvalue weighted by Gasteiger charge is -2.24. The van der Waals surface area contributed by atoms with Crippen LogP contribution in [0, 0.1) is 5.82 Å². The maximum atomic E-state index is 14.0. The molecule has 7 heteroatoms. The number of anilines is 2. The zero-order valence-corrected chi connectivity index (χ0v) is 11.6. The molecule has 0 spiro atoms. The number of rotatable bonds is 6. The van der Waals surface area contributed by atoms with Crippen molar-refractivity contribution in [3.05, 3.63) is 23.5 Å². The van der Waals surface area contributed by atoms with Gasteiger partial charge in [0.05, 0.1) is 17.8 Å². The molecule has 0 saturated carbocycles. The van der Waals surface area contributed by atoms with E-state index in [9.17, 15) is 14.0 Å². The summed E-state index contributed by atoms with van der Waals surface area (Å²) in [5.41, 5.74) is 10.9. The molecule has 0 radical (unpaired) electrons. The van der Waals surface area contributed by atoms with Gasteiger partial charge in [0.2, 0.25) is 5.91 Å². The number of nitrogens with zero attached hydrogens (tertiary/aromatic N) is 1. The van der Waals surface area contributed by atoms with E-state index in [-0.39, 0.29) is 29.4 Å². The van der Waals surface area contributed by atoms with Crippen LogP contribution in [-0.4, -0.2) is 32.0 Å². The van der Waals surface area contributed by atoms with Gasteiger partial charge in [-0.2, -0.15) is 0 Å². The predicted molar refractivity (Wildman–Crippen MR) is 75.9 cm³/mol. The van der Waals surface area contributed by atoms with Crippen molar-refractivity contribution in [3.63, 3.8) is 0 Å². The molecule has 2 amide bonds. The first kappa shape index (κ1) is 15.7. The summed E-state index contributed by atoms with van der Waals surface area (Å²) in [6.45, 7) is 2.36. The third kappa shape index (κ3) is 3.59. The van der Waals surface area contributed by atoms with Gasteiger partial charge in [0.15, 0.2) is 0 Å². The standard InChI is InChI=1S/C13H19FN4O2/c1-3-4-18(7-12(19)17-2)11-5-8(13(16)20)10(15)6-9(11)14/h5-6H,3-4,7,15H2,1-2H3,(H2,16,20)(H,17,19). The van der Waals surface area contributed by atoms with Crippen molar-refractivity contribution < 1.29 is 14.0 Å². The van der Waals surface area contributed by atoms with Crippen molar-refractivity contribution in [1.82, 2.24) is 5.32 Å². The molecule has 0 aliphatic heterocycles. The molecule has 0 heterocycles. The van der Waals surface area contributed by atoms with Crippen LogP contribution in [0.2, 0.25) is 0 Å². The second kappa shape index (κ2) is 6.74. The first-order chi connectivity index (χ1) is 9.40. The Labute approximate surface area is 116 Å². The molecule has 1 rings (SSSR count). The molecule has 1 aromatic carbocycles. The van der Waals surface area contributed by atoms with Gasteiger partial charge in [-0.05, 0) is 18.6 Å². The summed E-state index contributed by atoms with van der Waals surface area (Å²) in [4.78, 5) is 24.3. The lowest BCUT2D eigenvalue weighted by Crippen LogP contribution is -2.36. The van der Waals surface area contributed by atoms with Crippen LogP contribution in [0.1, 0.15) is 23.7 Å². The van der Waals surface area contributed by atoms with Crippen LogP contribution < -0.4 is 21.7 Å². The van der Waals surface area contributed by atoms with Crippen LogP contribution in [0.4, 0.5) is 15.8 Å². The molecule has 110 valence electrons. The summed E-state index contributed by atoms with van der Waals surface area (Å²) in [5.74, 6) is -1.58. The summed E-state index contributed by atoms with van der Waals surface area (Å²) in [6, 6.07) is 2.33. The second-order valence-electron chi connectivity index (χ2n) is 4.35. The lowest BCUT2D eigenvalue weighted by atomic mass is 10.1. The largest absolute Gasteiger partial charge is 0.398 e. The van der Waals surface area contributed by atoms with Gasteiger partial charge in [-0.3, -0.25) is 9.59 Å². The summed E-state index contributed by atoms with van der Waals surface area (Å²) < 4.78 is 14.0. The van der Waals surface area contributed by atoms with Crippen molar-refractivity contribution in [3.8, 4) is 0 Å².